The van der Waals surface area contributed by atoms with Gasteiger partial charge < -0.3 is 16.2 Å². The van der Waals surface area contributed by atoms with Crippen molar-refractivity contribution in [3.05, 3.63) is 24.5 Å². The van der Waals surface area contributed by atoms with E-state index < -0.39 is 0 Å². The van der Waals surface area contributed by atoms with Gasteiger partial charge in [-0.25, -0.2) is 0 Å². The van der Waals surface area contributed by atoms with Crippen molar-refractivity contribution in [3.8, 4) is 11.1 Å². The summed E-state index contributed by atoms with van der Waals surface area (Å²) >= 11 is 1.40. The van der Waals surface area contributed by atoms with Gasteiger partial charge in [0.05, 0.1) is 11.7 Å². The molecule has 0 saturated heterocycles. The number of anilines is 2. The lowest BCUT2D eigenvalue weighted by Crippen LogP contribution is -2.23. The fourth-order valence-corrected chi connectivity index (χ4v) is 3.55. The lowest BCUT2D eigenvalue weighted by atomic mass is 9.87. The van der Waals surface area contributed by atoms with Crippen molar-refractivity contribution in [2.24, 2.45) is 5.92 Å². The number of aliphatic hydroxyl groups excluding tert-OH is 1. The maximum absolute atomic E-state index is 9.56. The molecule has 2 aromatic heterocycles. The lowest BCUT2D eigenvalue weighted by Gasteiger charge is -2.25. The van der Waals surface area contributed by atoms with Crippen molar-refractivity contribution in [1.29, 1.82) is 0 Å². The highest BCUT2D eigenvalue weighted by atomic mass is 32.1. The Hall–Kier alpha value is -1.66. The SMILES string of the molecule is Nc1nsc(NCC2CCC(O)CC2)c1-c1ccncc1. The standard InChI is InChI=1S/C15H20N4OS/c16-14-13(11-5-7-17-8-6-11)15(21-19-14)18-9-10-1-3-12(20)4-2-10/h5-8,10,12,18,20H,1-4,9H2,(H2,16,19). The van der Waals surface area contributed by atoms with Gasteiger partial charge in [0, 0.05) is 18.9 Å². The molecule has 3 rings (SSSR count). The highest BCUT2D eigenvalue weighted by molar-refractivity contribution is 7.11. The second kappa shape index (κ2) is 6.41. The topological polar surface area (TPSA) is 84.1 Å². The minimum absolute atomic E-state index is 0.104. The van der Waals surface area contributed by atoms with E-state index in [9.17, 15) is 5.11 Å². The maximum Gasteiger partial charge on any atom is 0.147 e. The molecule has 0 aliphatic heterocycles. The summed E-state index contributed by atoms with van der Waals surface area (Å²) in [4.78, 5) is 4.04. The fourth-order valence-electron chi connectivity index (χ4n) is 2.81. The minimum Gasteiger partial charge on any atom is -0.393 e. The van der Waals surface area contributed by atoms with Crippen molar-refractivity contribution < 1.29 is 5.11 Å². The molecule has 1 aliphatic carbocycles. The Morgan fingerprint density at radius 3 is 2.67 bits per heavy atom. The molecule has 2 aromatic rings. The number of hydrogen-bond acceptors (Lipinski definition) is 6. The monoisotopic (exact) mass is 304 g/mol. The molecule has 0 atom stereocenters. The van der Waals surface area contributed by atoms with E-state index in [2.05, 4.69) is 14.7 Å². The molecule has 4 N–H and O–H groups in total. The smallest absolute Gasteiger partial charge is 0.147 e. The number of nitrogens with zero attached hydrogens (tertiary/aromatic N) is 2. The highest BCUT2D eigenvalue weighted by Gasteiger charge is 2.20. The molecule has 0 bridgehead atoms. The fraction of sp³-hybridized carbons (Fsp3) is 0.467. The van der Waals surface area contributed by atoms with Crippen LogP contribution in [0.2, 0.25) is 0 Å². The normalized spacial score (nSPS) is 22.1. The molecule has 6 heteroatoms. The predicted molar refractivity (Wildman–Crippen MR) is 86.2 cm³/mol. The van der Waals surface area contributed by atoms with Gasteiger partial charge in [-0.3, -0.25) is 4.98 Å². The Bertz CT molecular complexity index is 579. The first-order chi connectivity index (χ1) is 10.2. The molecule has 0 aromatic carbocycles. The molecule has 0 radical (unpaired) electrons. The molecule has 21 heavy (non-hydrogen) atoms. The first-order valence-electron chi connectivity index (χ1n) is 7.31. The number of rotatable bonds is 4. The molecular formula is C15H20N4OS. The van der Waals surface area contributed by atoms with Crippen LogP contribution in [0.15, 0.2) is 24.5 Å². The number of aromatic nitrogens is 2. The molecule has 0 spiro atoms. The molecule has 0 amide bonds. The van der Waals surface area contributed by atoms with Crippen LogP contribution >= 0.6 is 11.5 Å². The van der Waals surface area contributed by atoms with E-state index in [1.807, 2.05) is 12.1 Å². The summed E-state index contributed by atoms with van der Waals surface area (Å²) in [6, 6.07) is 3.89. The summed E-state index contributed by atoms with van der Waals surface area (Å²) in [6.45, 7) is 0.909. The van der Waals surface area contributed by atoms with Crippen LogP contribution in [0, 0.1) is 5.92 Å². The summed E-state index contributed by atoms with van der Waals surface area (Å²) in [5, 5.41) is 14.1. The quantitative estimate of drug-likeness (QED) is 0.809. The largest absolute Gasteiger partial charge is 0.393 e. The number of hydrogen-bond donors (Lipinski definition) is 3. The zero-order valence-corrected chi connectivity index (χ0v) is 12.6. The van der Waals surface area contributed by atoms with Gasteiger partial charge in [0.2, 0.25) is 0 Å². The molecule has 5 nitrogen and oxygen atoms in total. The Labute approximate surface area is 128 Å². The Morgan fingerprint density at radius 2 is 1.95 bits per heavy atom. The average Bonchev–Trinajstić information content (AvgIpc) is 2.88. The summed E-state index contributed by atoms with van der Waals surface area (Å²) in [5.41, 5.74) is 8.02. The number of aliphatic hydroxyl groups is 1. The second-order valence-corrected chi connectivity index (χ2v) is 6.34. The zero-order valence-electron chi connectivity index (χ0n) is 11.8. The van der Waals surface area contributed by atoms with Crippen molar-refractivity contribution in [1.82, 2.24) is 9.36 Å². The highest BCUT2D eigenvalue weighted by Crippen LogP contribution is 2.37. The van der Waals surface area contributed by atoms with Gasteiger partial charge in [-0.05, 0) is 60.8 Å². The van der Waals surface area contributed by atoms with E-state index in [1.165, 1.54) is 11.5 Å². The van der Waals surface area contributed by atoms with Gasteiger partial charge in [0.1, 0.15) is 10.8 Å². The van der Waals surface area contributed by atoms with Crippen molar-refractivity contribution in [2.45, 2.75) is 31.8 Å². The second-order valence-electron chi connectivity index (χ2n) is 5.56. The lowest BCUT2D eigenvalue weighted by molar-refractivity contribution is 0.111. The van der Waals surface area contributed by atoms with Crippen LogP contribution in [0.25, 0.3) is 11.1 Å². The van der Waals surface area contributed by atoms with E-state index in [0.717, 1.165) is 48.4 Å². The summed E-state index contributed by atoms with van der Waals surface area (Å²) in [7, 11) is 0. The third-order valence-electron chi connectivity index (χ3n) is 4.06. The van der Waals surface area contributed by atoms with E-state index in [0.29, 0.717) is 11.7 Å². The first kappa shape index (κ1) is 14.3. The van der Waals surface area contributed by atoms with E-state index in [1.54, 1.807) is 12.4 Å². The van der Waals surface area contributed by atoms with Gasteiger partial charge in [0.25, 0.3) is 0 Å². The molecular weight excluding hydrogens is 284 g/mol. The van der Waals surface area contributed by atoms with Gasteiger partial charge >= 0.3 is 0 Å². The van der Waals surface area contributed by atoms with Gasteiger partial charge in [0.15, 0.2) is 0 Å². The van der Waals surface area contributed by atoms with Crippen LogP contribution in [0.4, 0.5) is 10.8 Å². The van der Waals surface area contributed by atoms with E-state index in [4.69, 9.17) is 5.73 Å². The Morgan fingerprint density at radius 1 is 1.24 bits per heavy atom. The third-order valence-corrected chi connectivity index (χ3v) is 4.87. The Balaban J connectivity index is 1.69. The summed E-state index contributed by atoms with van der Waals surface area (Å²) < 4.78 is 4.27. The average molecular weight is 304 g/mol. The van der Waals surface area contributed by atoms with Crippen molar-refractivity contribution in [3.63, 3.8) is 0 Å². The van der Waals surface area contributed by atoms with Crippen LogP contribution in [-0.2, 0) is 0 Å². The number of nitrogens with one attached hydrogen (secondary N) is 1. The van der Waals surface area contributed by atoms with Crippen LogP contribution in [0.3, 0.4) is 0 Å². The zero-order chi connectivity index (χ0) is 14.7. The third kappa shape index (κ3) is 3.33. The van der Waals surface area contributed by atoms with Crippen LogP contribution in [0.5, 0.6) is 0 Å². The van der Waals surface area contributed by atoms with Crippen LogP contribution < -0.4 is 11.1 Å². The molecule has 112 valence electrons. The molecule has 0 unspecified atom stereocenters. The number of nitrogens with two attached hydrogens (primary N) is 1. The van der Waals surface area contributed by atoms with E-state index >= 15 is 0 Å². The number of nitrogen functional groups attached to an aromatic ring is 1. The molecule has 2 heterocycles. The van der Waals surface area contributed by atoms with Gasteiger partial charge in [-0.1, -0.05) is 0 Å². The van der Waals surface area contributed by atoms with Gasteiger partial charge in [-0.2, -0.15) is 4.37 Å². The van der Waals surface area contributed by atoms with Gasteiger partial charge in [-0.15, -0.1) is 0 Å². The molecule has 1 fully saturated rings. The first-order valence-corrected chi connectivity index (χ1v) is 8.09. The van der Waals surface area contributed by atoms with Crippen molar-refractivity contribution in [2.75, 3.05) is 17.6 Å². The Kier molecular flexibility index (Phi) is 4.36. The van der Waals surface area contributed by atoms with Crippen LogP contribution in [0.1, 0.15) is 25.7 Å². The molecule has 1 saturated carbocycles. The van der Waals surface area contributed by atoms with E-state index in [-0.39, 0.29) is 6.10 Å². The van der Waals surface area contributed by atoms with Crippen molar-refractivity contribution >= 4 is 22.4 Å². The minimum atomic E-state index is -0.104. The maximum atomic E-state index is 9.56. The predicted octanol–water partition coefficient (Wildman–Crippen LogP) is 2.75. The molecule has 1 aliphatic rings. The summed E-state index contributed by atoms with van der Waals surface area (Å²) in [5.74, 6) is 1.18. The van der Waals surface area contributed by atoms with Crippen LogP contribution in [-0.4, -0.2) is 27.1 Å². The summed E-state index contributed by atoms with van der Waals surface area (Å²) in [6.07, 6.45) is 7.40. The number of pyridine rings is 1.